The molecular formula is C15H17BrClN3O2S. The number of nitrogens with zero attached hydrogens (tertiary/aromatic N) is 1. The standard InChI is InChI=1S/C15H16BrN3O2S.ClH/c16-11-3-1-10(2-4-11)13-9-22-15(18-13)19-14(20)7-12-8-21-6-5-17-12;/h1-4,9,12,17H,5-8H2,(H,18,19,20);1H. The van der Waals surface area contributed by atoms with E-state index in [2.05, 4.69) is 31.5 Å². The maximum absolute atomic E-state index is 12.0. The summed E-state index contributed by atoms with van der Waals surface area (Å²) in [4.78, 5) is 16.5. The van der Waals surface area contributed by atoms with Crippen LogP contribution in [0.2, 0.25) is 0 Å². The fourth-order valence-electron chi connectivity index (χ4n) is 2.23. The quantitative estimate of drug-likeness (QED) is 0.799. The van der Waals surface area contributed by atoms with Gasteiger partial charge in [0.25, 0.3) is 0 Å². The Hall–Kier alpha value is -0.990. The Kier molecular flexibility index (Phi) is 6.98. The van der Waals surface area contributed by atoms with Crippen molar-refractivity contribution in [3.8, 4) is 11.3 Å². The molecule has 0 radical (unpaired) electrons. The number of nitrogens with one attached hydrogen (secondary N) is 2. The molecule has 1 unspecified atom stereocenters. The summed E-state index contributed by atoms with van der Waals surface area (Å²) in [5.41, 5.74) is 1.90. The molecule has 1 aromatic carbocycles. The van der Waals surface area contributed by atoms with Gasteiger partial charge in [-0.1, -0.05) is 28.1 Å². The summed E-state index contributed by atoms with van der Waals surface area (Å²) < 4.78 is 6.38. The van der Waals surface area contributed by atoms with Gasteiger partial charge < -0.3 is 15.4 Å². The van der Waals surface area contributed by atoms with Crippen LogP contribution in [0.5, 0.6) is 0 Å². The summed E-state index contributed by atoms with van der Waals surface area (Å²) in [5, 5.41) is 8.69. The number of morpholine rings is 1. The SMILES string of the molecule is Cl.O=C(CC1COCCN1)Nc1nc(-c2ccc(Br)cc2)cs1. The molecule has 8 heteroatoms. The van der Waals surface area contributed by atoms with E-state index >= 15 is 0 Å². The Morgan fingerprint density at radius 2 is 2.22 bits per heavy atom. The minimum atomic E-state index is -0.0419. The lowest BCUT2D eigenvalue weighted by Crippen LogP contribution is -2.43. The van der Waals surface area contributed by atoms with E-state index < -0.39 is 0 Å². The molecule has 1 fully saturated rings. The predicted octanol–water partition coefficient (Wildman–Crippen LogP) is 3.31. The number of carbonyl (C=O) groups excluding carboxylic acids is 1. The van der Waals surface area contributed by atoms with Crippen molar-refractivity contribution in [1.82, 2.24) is 10.3 Å². The number of hydrogen-bond donors (Lipinski definition) is 2. The van der Waals surface area contributed by atoms with E-state index in [4.69, 9.17) is 4.74 Å². The first-order valence-corrected chi connectivity index (χ1v) is 8.70. The maximum Gasteiger partial charge on any atom is 0.227 e. The van der Waals surface area contributed by atoms with E-state index in [1.54, 1.807) is 0 Å². The zero-order valence-corrected chi connectivity index (χ0v) is 15.5. The number of thiazole rings is 1. The molecule has 1 atom stereocenters. The van der Waals surface area contributed by atoms with Gasteiger partial charge in [-0.3, -0.25) is 4.79 Å². The van der Waals surface area contributed by atoms with Crippen molar-refractivity contribution in [3.05, 3.63) is 34.1 Å². The largest absolute Gasteiger partial charge is 0.378 e. The monoisotopic (exact) mass is 417 g/mol. The van der Waals surface area contributed by atoms with Crippen molar-refractivity contribution in [3.63, 3.8) is 0 Å². The second-order valence-electron chi connectivity index (χ2n) is 5.02. The van der Waals surface area contributed by atoms with Gasteiger partial charge in [0, 0.05) is 34.4 Å². The summed E-state index contributed by atoms with van der Waals surface area (Å²) in [6.45, 7) is 2.08. The molecule has 5 nitrogen and oxygen atoms in total. The second-order valence-corrected chi connectivity index (χ2v) is 6.80. The minimum absolute atomic E-state index is 0. The number of carbonyl (C=O) groups is 1. The Morgan fingerprint density at radius 3 is 2.91 bits per heavy atom. The molecule has 0 spiro atoms. The third-order valence-electron chi connectivity index (χ3n) is 3.32. The van der Waals surface area contributed by atoms with Crippen molar-refractivity contribution in [1.29, 1.82) is 0 Å². The van der Waals surface area contributed by atoms with Crippen LogP contribution in [-0.2, 0) is 9.53 Å². The summed E-state index contributed by atoms with van der Waals surface area (Å²) in [5.74, 6) is -0.0419. The fraction of sp³-hybridized carbons (Fsp3) is 0.333. The molecule has 23 heavy (non-hydrogen) atoms. The van der Waals surface area contributed by atoms with Crippen molar-refractivity contribution < 1.29 is 9.53 Å². The van der Waals surface area contributed by atoms with Crippen LogP contribution in [0, 0.1) is 0 Å². The lowest BCUT2D eigenvalue weighted by molar-refractivity contribution is -0.117. The third kappa shape index (κ3) is 5.26. The number of rotatable bonds is 4. The van der Waals surface area contributed by atoms with Gasteiger partial charge in [-0.15, -0.1) is 23.7 Å². The summed E-state index contributed by atoms with van der Waals surface area (Å²) in [6, 6.07) is 8.02. The lowest BCUT2D eigenvalue weighted by atomic mass is 10.2. The molecule has 0 bridgehead atoms. The molecule has 1 amide bonds. The van der Waals surface area contributed by atoms with Gasteiger partial charge in [-0.05, 0) is 12.1 Å². The van der Waals surface area contributed by atoms with Crippen LogP contribution in [0.15, 0.2) is 34.1 Å². The lowest BCUT2D eigenvalue weighted by Gasteiger charge is -2.22. The van der Waals surface area contributed by atoms with Gasteiger partial charge in [0.05, 0.1) is 18.9 Å². The molecule has 0 aliphatic carbocycles. The maximum atomic E-state index is 12.0. The molecule has 1 saturated heterocycles. The molecule has 1 aromatic heterocycles. The van der Waals surface area contributed by atoms with Gasteiger partial charge in [0.1, 0.15) is 0 Å². The van der Waals surface area contributed by atoms with E-state index in [-0.39, 0.29) is 24.4 Å². The van der Waals surface area contributed by atoms with Crippen LogP contribution < -0.4 is 10.6 Å². The first-order chi connectivity index (χ1) is 10.7. The summed E-state index contributed by atoms with van der Waals surface area (Å²) in [6.07, 6.45) is 0.396. The Bertz CT molecular complexity index is 644. The normalized spacial score (nSPS) is 17.3. The van der Waals surface area contributed by atoms with Gasteiger partial charge >= 0.3 is 0 Å². The molecular weight excluding hydrogens is 402 g/mol. The molecule has 124 valence electrons. The highest BCUT2D eigenvalue weighted by Crippen LogP contribution is 2.26. The van der Waals surface area contributed by atoms with Gasteiger partial charge in [0.15, 0.2) is 5.13 Å². The third-order valence-corrected chi connectivity index (χ3v) is 4.61. The molecule has 0 saturated carbocycles. The zero-order valence-electron chi connectivity index (χ0n) is 12.3. The zero-order chi connectivity index (χ0) is 15.4. The summed E-state index contributed by atoms with van der Waals surface area (Å²) in [7, 11) is 0. The number of hydrogen-bond acceptors (Lipinski definition) is 5. The van der Waals surface area contributed by atoms with E-state index in [0.29, 0.717) is 24.8 Å². The van der Waals surface area contributed by atoms with Crippen molar-refractivity contribution in [2.45, 2.75) is 12.5 Å². The van der Waals surface area contributed by atoms with Crippen molar-refractivity contribution >= 4 is 50.7 Å². The molecule has 2 aromatic rings. The van der Waals surface area contributed by atoms with Crippen LogP contribution in [-0.4, -0.2) is 36.7 Å². The molecule has 2 N–H and O–H groups in total. The van der Waals surface area contributed by atoms with Crippen LogP contribution in [0.25, 0.3) is 11.3 Å². The highest BCUT2D eigenvalue weighted by atomic mass is 79.9. The smallest absolute Gasteiger partial charge is 0.227 e. The Balaban J connectivity index is 0.00000192. The molecule has 1 aliphatic rings. The molecule has 3 rings (SSSR count). The number of amides is 1. The summed E-state index contributed by atoms with van der Waals surface area (Å²) >= 11 is 4.84. The Labute approximate surface area is 153 Å². The number of ether oxygens (including phenoxy) is 1. The minimum Gasteiger partial charge on any atom is -0.378 e. The Morgan fingerprint density at radius 1 is 1.43 bits per heavy atom. The number of anilines is 1. The van der Waals surface area contributed by atoms with E-state index in [0.717, 1.165) is 22.3 Å². The van der Waals surface area contributed by atoms with Crippen LogP contribution in [0.1, 0.15) is 6.42 Å². The first kappa shape index (κ1) is 18.4. The van der Waals surface area contributed by atoms with E-state index in [9.17, 15) is 4.79 Å². The topological polar surface area (TPSA) is 63.2 Å². The van der Waals surface area contributed by atoms with Crippen molar-refractivity contribution in [2.24, 2.45) is 0 Å². The van der Waals surface area contributed by atoms with Crippen molar-refractivity contribution in [2.75, 3.05) is 25.1 Å². The fourth-order valence-corrected chi connectivity index (χ4v) is 3.23. The molecule has 1 aliphatic heterocycles. The average Bonchev–Trinajstić information content (AvgIpc) is 2.97. The first-order valence-electron chi connectivity index (χ1n) is 7.03. The number of benzene rings is 1. The van der Waals surface area contributed by atoms with E-state index in [1.165, 1.54) is 11.3 Å². The highest BCUT2D eigenvalue weighted by Gasteiger charge is 2.17. The van der Waals surface area contributed by atoms with Gasteiger partial charge in [-0.2, -0.15) is 0 Å². The van der Waals surface area contributed by atoms with Crippen LogP contribution in [0.3, 0.4) is 0 Å². The van der Waals surface area contributed by atoms with Gasteiger partial charge in [-0.25, -0.2) is 4.98 Å². The highest BCUT2D eigenvalue weighted by molar-refractivity contribution is 9.10. The van der Waals surface area contributed by atoms with Crippen LogP contribution in [0.4, 0.5) is 5.13 Å². The van der Waals surface area contributed by atoms with Gasteiger partial charge in [0.2, 0.25) is 5.91 Å². The van der Waals surface area contributed by atoms with E-state index in [1.807, 2.05) is 29.6 Å². The second kappa shape index (κ2) is 8.75. The number of halogens is 2. The number of aromatic nitrogens is 1. The predicted molar refractivity (Wildman–Crippen MR) is 98.4 cm³/mol. The molecule has 2 heterocycles. The average molecular weight is 419 g/mol. The van der Waals surface area contributed by atoms with Crippen LogP contribution >= 0.6 is 39.7 Å².